The zero-order chi connectivity index (χ0) is 24.2. The van der Waals surface area contributed by atoms with Crippen LogP contribution in [0.2, 0.25) is 10.0 Å². The number of amides is 1. The van der Waals surface area contributed by atoms with Gasteiger partial charge in [-0.05, 0) is 67.1 Å². The topological polar surface area (TPSA) is 93.3 Å². The van der Waals surface area contributed by atoms with Gasteiger partial charge in [-0.25, -0.2) is 9.78 Å². The number of hydrogen-bond acceptors (Lipinski definition) is 5. The molecule has 34 heavy (non-hydrogen) atoms. The third-order valence-corrected chi connectivity index (χ3v) is 5.56. The maximum Gasteiger partial charge on any atom is 0.338 e. The third-order valence-electron chi connectivity index (χ3n) is 5.12. The van der Waals surface area contributed by atoms with Gasteiger partial charge in [-0.2, -0.15) is 0 Å². The van der Waals surface area contributed by atoms with Crippen molar-refractivity contribution < 1.29 is 19.1 Å². The van der Waals surface area contributed by atoms with Crippen LogP contribution in [0.4, 0.5) is 5.69 Å². The van der Waals surface area contributed by atoms with Gasteiger partial charge < -0.3 is 19.8 Å². The van der Waals surface area contributed by atoms with Crippen molar-refractivity contribution in [2.24, 2.45) is 0 Å². The van der Waals surface area contributed by atoms with Crippen LogP contribution >= 0.6 is 23.2 Å². The van der Waals surface area contributed by atoms with Crippen LogP contribution in [-0.2, 0) is 9.53 Å². The fraction of sp³-hybridized carbons (Fsp3) is 0.160. The second kappa shape index (κ2) is 10.2. The van der Waals surface area contributed by atoms with E-state index < -0.39 is 18.0 Å². The zero-order valence-corrected chi connectivity index (χ0v) is 19.9. The fourth-order valence-electron chi connectivity index (χ4n) is 3.39. The van der Waals surface area contributed by atoms with Crippen molar-refractivity contribution in [2.45, 2.75) is 19.4 Å². The van der Waals surface area contributed by atoms with E-state index in [-0.39, 0.29) is 0 Å². The molecule has 4 aromatic rings. The highest BCUT2D eigenvalue weighted by Crippen LogP contribution is 2.25. The van der Waals surface area contributed by atoms with Crippen molar-refractivity contribution in [3.8, 4) is 17.1 Å². The standard InChI is InChI=1S/C25H21Cl2N3O4/c1-3-22(24(31)28-18-12-16(26)11-17(27)13-18)34-25(32)15-6-9-20-21(10-15)30-23(29-20)14-4-7-19(33-2)8-5-14/h4-13,22H,3H2,1-2H3,(H,28,31)(H,29,30). The highest BCUT2D eigenvalue weighted by molar-refractivity contribution is 6.35. The van der Waals surface area contributed by atoms with Crippen LogP contribution in [-0.4, -0.2) is 35.1 Å². The first-order chi connectivity index (χ1) is 16.4. The number of methoxy groups -OCH3 is 1. The Kier molecular flexibility index (Phi) is 7.05. The summed E-state index contributed by atoms with van der Waals surface area (Å²) in [5.74, 6) is 0.319. The van der Waals surface area contributed by atoms with E-state index >= 15 is 0 Å². The molecule has 0 bridgehead atoms. The molecule has 174 valence electrons. The van der Waals surface area contributed by atoms with Crippen LogP contribution in [0.25, 0.3) is 22.4 Å². The fourth-order valence-corrected chi connectivity index (χ4v) is 3.92. The molecule has 0 saturated carbocycles. The molecule has 3 aromatic carbocycles. The minimum atomic E-state index is -0.988. The number of hydrogen-bond donors (Lipinski definition) is 2. The summed E-state index contributed by atoms with van der Waals surface area (Å²) in [7, 11) is 1.61. The SMILES string of the molecule is CCC(OC(=O)c1ccc2nc(-c3ccc(OC)cc3)[nH]c2c1)C(=O)Nc1cc(Cl)cc(Cl)c1. The summed E-state index contributed by atoms with van der Waals surface area (Å²) in [4.78, 5) is 33.2. The van der Waals surface area contributed by atoms with Crippen molar-refractivity contribution in [3.63, 3.8) is 0 Å². The summed E-state index contributed by atoms with van der Waals surface area (Å²) in [5, 5.41) is 3.45. The average molecular weight is 498 g/mol. The Hall–Kier alpha value is -3.55. The number of ether oxygens (including phenoxy) is 2. The van der Waals surface area contributed by atoms with Gasteiger partial charge in [-0.3, -0.25) is 4.79 Å². The second-order valence-electron chi connectivity index (χ2n) is 7.50. The maximum atomic E-state index is 12.8. The van der Waals surface area contributed by atoms with Gasteiger partial charge in [-0.1, -0.05) is 30.1 Å². The second-order valence-corrected chi connectivity index (χ2v) is 8.37. The van der Waals surface area contributed by atoms with Crippen LogP contribution in [0.15, 0.2) is 60.7 Å². The molecule has 0 aliphatic rings. The van der Waals surface area contributed by atoms with Crippen LogP contribution in [0.3, 0.4) is 0 Å². The Balaban J connectivity index is 1.49. The molecule has 0 saturated heterocycles. The maximum absolute atomic E-state index is 12.8. The van der Waals surface area contributed by atoms with E-state index in [9.17, 15) is 9.59 Å². The molecular formula is C25H21Cl2N3O4. The predicted molar refractivity (Wildman–Crippen MR) is 133 cm³/mol. The Labute approximate surface area is 206 Å². The first kappa shape index (κ1) is 23.6. The number of imidazole rings is 1. The Morgan fingerprint density at radius 1 is 1.03 bits per heavy atom. The summed E-state index contributed by atoms with van der Waals surface area (Å²) >= 11 is 12.0. The Bertz CT molecular complexity index is 1330. The van der Waals surface area contributed by atoms with E-state index in [1.165, 1.54) is 0 Å². The lowest BCUT2D eigenvalue weighted by Crippen LogP contribution is -2.32. The molecule has 4 rings (SSSR count). The Morgan fingerprint density at radius 2 is 1.74 bits per heavy atom. The highest BCUT2D eigenvalue weighted by Gasteiger charge is 2.23. The number of H-pyrrole nitrogens is 1. The number of nitrogens with zero attached hydrogens (tertiary/aromatic N) is 1. The number of benzene rings is 3. The van der Waals surface area contributed by atoms with E-state index in [2.05, 4.69) is 15.3 Å². The molecule has 0 fully saturated rings. The van der Waals surface area contributed by atoms with Gasteiger partial charge >= 0.3 is 5.97 Å². The van der Waals surface area contributed by atoms with E-state index in [0.717, 1.165) is 11.3 Å². The van der Waals surface area contributed by atoms with Crippen LogP contribution < -0.4 is 10.1 Å². The number of esters is 1. The highest BCUT2D eigenvalue weighted by atomic mass is 35.5. The van der Waals surface area contributed by atoms with Gasteiger partial charge in [0.15, 0.2) is 6.10 Å². The number of fused-ring (bicyclic) bond motifs is 1. The van der Waals surface area contributed by atoms with E-state index in [1.54, 1.807) is 50.4 Å². The van der Waals surface area contributed by atoms with Gasteiger partial charge in [0.25, 0.3) is 5.91 Å². The molecule has 1 atom stereocenters. The number of carbonyl (C=O) groups excluding carboxylic acids is 2. The number of halogens is 2. The van der Waals surface area contributed by atoms with Gasteiger partial charge in [0.2, 0.25) is 0 Å². The van der Waals surface area contributed by atoms with Gasteiger partial charge in [0.1, 0.15) is 11.6 Å². The molecule has 0 aliphatic carbocycles. The quantitative estimate of drug-likeness (QED) is 0.300. The van der Waals surface area contributed by atoms with Crippen LogP contribution in [0.5, 0.6) is 5.75 Å². The van der Waals surface area contributed by atoms with Crippen molar-refractivity contribution >= 4 is 51.8 Å². The summed E-state index contributed by atoms with van der Waals surface area (Å²) in [6.45, 7) is 1.75. The normalized spacial score (nSPS) is 11.8. The minimum Gasteiger partial charge on any atom is -0.497 e. The molecule has 1 heterocycles. The molecule has 0 radical (unpaired) electrons. The molecule has 9 heteroatoms. The van der Waals surface area contributed by atoms with Crippen molar-refractivity contribution in [3.05, 3.63) is 76.3 Å². The molecule has 1 amide bonds. The summed E-state index contributed by atoms with van der Waals surface area (Å²) in [5.41, 5.74) is 2.97. The van der Waals surface area contributed by atoms with Crippen molar-refractivity contribution in [1.29, 1.82) is 0 Å². The number of aromatic amines is 1. The summed E-state index contributed by atoms with van der Waals surface area (Å²) in [6, 6.07) is 17.2. The summed E-state index contributed by atoms with van der Waals surface area (Å²) < 4.78 is 10.7. The molecule has 1 aromatic heterocycles. The van der Waals surface area contributed by atoms with Crippen LogP contribution in [0.1, 0.15) is 23.7 Å². The lowest BCUT2D eigenvalue weighted by Gasteiger charge is -2.16. The Morgan fingerprint density at radius 3 is 2.38 bits per heavy atom. The molecule has 7 nitrogen and oxygen atoms in total. The van der Waals surface area contributed by atoms with E-state index in [4.69, 9.17) is 32.7 Å². The van der Waals surface area contributed by atoms with Gasteiger partial charge in [0, 0.05) is 21.3 Å². The largest absolute Gasteiger partial charge is 0.497 e. The lowest BCUT2D eigenvalue weighted by atomic mass is 10.2. The molecule has 1 unspecified atom stereocenters. The van der Waals surface area contributed by atoms with Gasteiger partial charge in [-0.15, -0.1) is 0 Å². The van der Waals surface area contributed by atoms with Crippen molar-refractivity contribution in [2.75, 3.05) is 12.4 Å². The number of nitrogens with one attached hydrogen (secondary N) is 2. The van der Waals surface area contributed by atoms with Crippen molar-refractivity contribution in [1.82, 2.24) is 9.97 Å². The monoisotopic (exact) mass is 497 g/mol. The summed E-state index contributed by atoms with van der Waals surface area (Å²) in [6.07, 6.45) is -0.697. The average Bonchev–Trinajstić information content (AvgIpc) is 3.25. The number of aromatic nitrogens is 2. The minimum absolute atomic E-state index is 0.291. The first-order valence-corrected chi connectivity index (χ1v) is 11.2. The lowest BCUT2D eigenvalue weighted by molar-refractivity contribution is -0.124. The van der Waals surface area contributed by atoms with Crippen LogP contribution in [0, 0.1) is 0 Å². The predicted octanol–water partition coefficient (Wildman–Crippen LogP) is 6.12. The molecular weight excluding hydrogens is 477 g/mol. The number of anilines is 1. The van der Waals surface area contributed by atoms with E-state index in [0.29, 0.717) is 44.6 Å². The van der Waals surface area contributed by atoms with E-state index in [1.807, 2.05) is 24.3 Å². The molecule has 2 N–H and O–H groups in total. The number of carbonyl (C=O) groups is 2. The molecule has 0 spiro atoms. The first-order valence-electron chi connectivity index (χ1n) is 10.5. The number of rotatable bonds is 7. The smallest absolute Gasteiger partial charge is 0.338 e. The molecule has 0 aliphatic heterocycles. The van der Waals surface area contributed by atoms with Gasteiger partial charge in [0.05, 0.1) is 23.7 Å². The third kappa shape index (κ3) is 5.32. The zero-order valence-electron chi connectivity index (χ0n) is 18.4.